The van der Waals surface area contributed by atoms with Crippen LogP contribution in [-0.2, 0) is 6.54 Å². The predicted molar refractivity (Wildman–Crippen MR) is 67.4 cm³/mol. The summed E-state index contributed by atoms with van der Waals surface area (Å²) in [5.41, 5.74) is 7.92. The van der Waals surface area contributed by atoms with Crippen molar-refractivity contribution in [1.82, 2.24) is 4.98 Å². The summed E-state index contributed by atoms with van der Waals surface area (Å²) >= 11 is 1.67. The standard InChI is InChI=1S/C13H14N2S/c1-10-7-13(15-9-11(10)8-14)16-12-5-3-2-4-6-12/h2-7,9H,8,14H2,1H3. The van der Waals surface area contributed by atoms with Gasteiger partial charge in [-0.05, 0) is 36.2 Å². The molecule has 0 fully saturated rings. The molecule has 3 heteroatoms. The highest BCUT2D eigenvalue weighted by atomic mass is 32.2. The Morgan fingerprint density at radius 2 is 2.00 bits per heavy atom. The van der Waals surface area contributed by atoms with Crippen molar-refractivity contribution in [3.63, 3.8) is 0 Å². The zero-order chi connectivity index (χ0) is 11.4. The number of rotatable bonds is 3. The summed E-state index contributed by atoms with van der Waals surface area (Å²) in [5, 5.41) is 1.01. The monoisotopic (exact) mass is 230 g/mol. The van der Waals surface area contributed by atoms with Gasteiger partial charge >= 0.3 is 0 Å². The predicted octanol–water partition coefficient (Wildman–Crippen LogP) is 3.00. The average molecular weight is 230 g/mol. The molecule has 0 spiro atoms. The number of hydrogen-bond donors (Lipinski definition) is 1. The Labute approximate surface area is 99.9 Å². The second-order valence-corrected chi connectivity index (χ2v) is 4.66. The molecule has 0 aliphatic heterocycles. The van der Waals surface area contributed by atoms with Crippen molar-refractivity contribution < 1.29 is 0 Å². The van der Waals surface area contributed by atoms with Gasteiger partial charge in [-0.3, -0.25) is 0 Å². The topological polar surface area (TPSA) is 38.9 Å². The molecule has 1 heterocycles. The van der Waals surface area contributed by atoms with E-state index in [1.54, 1.807) is 11.8 Å². The molecule has 0 aliphatic rings. The maximum atomic E-state index is 5.61. The maximum absolute atomic E-state index is 5.61. The van der Waals surface area contributed by atoms with Gasteiger partial charge in [0.1, 0.15) is 5.03 Å². The molecule has 0 unspecified atom stereocenters. The Morgan fingerprint density at radius 1 is 1.25 bits per heavy atom. The number of pyridine rings is 1. The number of aryl methyl sites for hydroxylation is 1. The highest BCUT2D eigenvalue weighted by molar-refractivity contribution is 7.99. The fourth-order valence-corrected chi connectivity index (χ4v) is 2.31. The Hall–Kier alpha value is -1.32. The SMILES string of the molecule is Cc1cc(Sc2ccccc2)ncc1CN. The van der Waals surface area contributed by atoms with Gasteiger partial charge in [0.05, 0.1) is 0 Å². The molecule has 0 saturated carbocycles. The van der Waals surface area contributed by atoms with Crippen molar-refractivity contribution in [3.05, 3.63) is 53.7 Å². The second-order valence-electron chi connectivity index (χ2n) is 3.57. The minimum absolute atomic E-state index is 0.551. The first-order valence-electron chi connectivity index (χ1n) is 5.18. The van der Waals surface area contributed by atoms with E-state index >= 15 is 0 Å². The third-order valence-corrected chi connectivity index (χ3v) is 3.32. The smallest absolute Gasteiger partial charge is 0.101 e. The van der Waals surface area contributed by atoms with Gasteiger partial charge in [-0.15, -0.1) is 0 Å². The summed E-state index contributed by atoms with van der Waals surface area (Å²) < 4.78 is 0. The van der Waals surface area contributed by atoms with E-state index in [0.29, 0.717) is 6.54 Å². The highest BCUT2D eigenvalue weighted by Crippen LogP contribution is 2.26. The fourth-order valence-electron chi connectivity index (χ4n) is 1.44. The first-order chi connectivity index (χ1) is 7.79. The zero-order valence-electron chi connectivity index (χ0n) is 9.18. The van der Waals surface area contributed by atoms with Gasteiger partial charge in [0, 0.05) is 17.6 Å². The molecule has 2 nitrogen and oxygen atoms in total. The third kappa shape index (κ3) is 2.62. The Morgan fingerprint density at radius 3 is 2.62 bits per heavy atom. The van der Waals surface area contributed by atoms with Crippen molar-refractivity contribution >= 4 is 11.8 Å². The van der Waals surface area contributed by atoms with E-state index in [0.717, 1.165) is 10.6 Å². The first-order valence-corrected chi connectivity index (χ1v) is 6.00. The maximum Gasteiger partial charge on any atom is 0.101 e. The number of nitrogens with zero attached hydrogens (tertiary/aromatic N) is 1. The molecule has 82 valence electrons. The number of nitrogens with two attached hydrogens (primary N) is 1. The summed E-state index contributed by atoms with van der Waals surface area (Å²) in [6.07, 6.45) is 1.86. The van der Waals surface area contributed by atoms with Gasteiger partial charge in [0.15, 0.2) is 0 Å². The number of aromatic nitrogens is 1. The van der Waals surface area contributed by atoms with E-state index < -0.39 is 0 Å². The highest BCUT2D eigenvalue weighted by Gasteiger charge is 2.01. The van der Waals surface area contributed by atoms with Gasteiger partial charge in [-0.1, -0.05) is 30.0 Å². The molecule has 2 rings (SSSR count). The molecule has 2 N–H and O–H groups in total. The lowest BCUT2D eigenvalue weighted by molar-refractivity contribution is 0.987. The Balaban J connectivity index is 2.20. The first kappa shape index (κ1) is 11.2. The van der Waals surface area contributed by atoms with Crippen molar-refractivity contribution in [1.29, 1.82) is 0 Å². The van der Waals surface area contributed by atoms with E-state index in [1.165, 1.54) is 10.5 Å². The van der Waals surface area contributed by atoms with E-state index in [-0.39, 0.29) is 0 Å². The summed E-state index contributed by atoms with van der Waals surface area (Å²) in [6.45, 7) is 2.62. The van der Waals surface area contributed by atoms with E-state index in [4.69, 9.17) is 5.73 Å². The molecule has 2 aromatic rings. The molecule has 0 amide bonds. The van der Waals surface area contributed by atoms with Gasteiger partial charge in [0.25, 0.3) is 0 Å². The molecule has 0 radical (unpaired) electrons. The zero-order valence-corrected chi connectivity index (χ0v) is 10.00. The fraction of sp³-hybridized carbons (Fsp3) is 0.154. The van der Waals surface area contributed by atoms with Crippen LogP contribution in [0.25, 0.3) is 0 Å². The third-order valence-electron chi connectivity index (χ3n) is 2.38. The van der Waals surface area contributed by atoms with Crippen LogP contribution in [0.4, 0.5) is 0 Å². The molecule has 1 aromatic carbocycles. The summed E-state index contributed by atoms with van der Waals surface area (Å²) in [6, 6.07) is 12.3. The minimum atomic E-state index is 0.551. The molecular formula is C13H14N2S. The van der Waals surface area contributed by atoms with Crippen LogP contribution in [0.2, 0.25) is 0 Å². The Bertz CT molecular complexity index is 469. The molecule has 0 atom stereocenters. The van der Waals surface area contributed by atoms with Gasteiger partial charge in [-0.2, -0.15) is 0 Å². The van der Waals surface area contributed by atoms with Crippen LogP contribution in [0.15, 0.2) is 52.5 Å². The van der Waals surface area contributed by atoms with Crippen LogP contribution in [0.1, 0.15) is 11.1 Å². The minimum Gasteiger partial charge on any atom is -0.326 e. The van der Waals surface area contributed by atoms with Crippen LogP contribution in [0.5, 0.6) is 0 Å². The average Bonchev–Trinajstić information content (AvgIpc) is 2.31. The second kappa shape index (κ2) is 5.14. The summed E-state index contributed by atoms with van der Waals surface area (Å²) in [7, 11) is 0. The molecule has 1 aromatic heterocycles. The quantitative estimate of drug-likeness (QED) is 0.881. The van der Waals surface area contributed by atoms with Gasteiger partial charge in [-0.25, -0.2) is 4.98 Å². The molecule has 0 aliphatic carbocycles. The van der Waals surface area contributed by atoms with Crippen LogP contribution < -0.4 is 5.73 Å². The van der Waals surface area contributed by atoms with Crippen molar-refractivity contribution in [3.8, 4) is 0 Å². The molecule has 16 heavy (non-hydrogen) atoms. The number of benzene rings is 1. The molecular weight excluding hydrogens is 216 g/mol. The lowest BCUT2D eigenvalue weighted by Gasteiger charge is -2.05. The lowest BCUT2D eigenvalue weighted by Crippen LogP contribution is -2.00. The van der Waals surface area contributed by atoms with E-state index in [9.17, 15) is 0 Å². The summed E-state index contributed by atoms with van der Waals surface area (Å²) in [4.78, 5) is 5.59. The number of hydrogen-bond acceptors (Lipinski definition) is 3. The van der Waals surface area contributed by atoms with E-state index in [1.807, 2.05) is 24.4 Å². The van der Waals surface area contributed by atoms with Crippen molar-refractivity contribution in [2.75, 3.05) is 0 Å². The lowest BCUT2D eigenvalue weighted by atomic mass is 10.2. The van der Waals surface area contributed by atoms with Crippen LogP contribution >= 0.6 is 11.8 Å². The van der Waals surface area contributed by atoms with Gasteiger partial charge in [0.2, 0.25) is 0 Å². The Kier molecular flexibility index (Phi) is 3.59. The van der Waals surface area contributed by atoms with Crippen molar-refractivity contribution in [2.24, 2.45) is 5.73 Å². The molecule has 0 saturated heterocycles. The normalized spacial score (nSPS) is 10.4. The molecule has 0 bridgehead atoms. The van der Waals surface area contributed by atoms with Crippen LogP contribution in [0.3, 0.4) is 0 Å². The van der Waals surface area contributed by atoms with Crippen LogP contribution in [0, 0.1) is 6.92 Å². The van der Waals surface area contributed by atoms with Crippen LogP contribution in [-0.4, -0.2) is 4.98 Å². The largest absolute Gasteiger partial charge is 0.326 e. The van der Waals surface area contributed by atoms with Crippen molar-refractivity contribution in [2.45, 2.75) is 23.4 Å². The summed E-state index contributed by atoms with van der Waals surface area (Å²) in [5.74, 6) is 0. The van der Waals surface area contributed by atoms with Gasteiger partial charge < -0.3 is 5.73 Å². The van der Waals surface area contributed by atoms with E-state index in [2.05, 4.69) is 30.1 Å².